The highest BCUT2D eigenvalue weighted by atomic mass is 14.4. The largest absolute Gasteiger partial charge is 0.0759 e. The molecule has 0 nitrogen and oxygen atoms in total. The van der Waals surface area contributed by atoms with Crippen molar-refractivity contribution in [2.24, 2.45) is 0 Å². The molecule has 0 amide bonds. The Labute approximate surface area is 316 Å². The van der Waals surface area contributed by atoms with Crippen molar-refractivity contribution >= 4 is 50.5 Å². The molecule has 0 saturated heterocycles. The van der Waals surface area contributed by atoms with Crippen LogP contribution in [0.2, 0.25) is 0 Å². The van der Waals surface area contributed by atoms with Crippen molar-refractivity contribution in [2.45, 2.75) is 12.3 Å². The molecule has 0 bridgehead atoms. The van der Waals surface area contributed by atoms with Crippen LogP contribution in [0, 0.1) is 0 Å². The molecule has 0 aromatic heterocycles. The SMILES string of the molecule is C1=CC2=CCc3c(-c4c5ccccc5c(-c5ccc(/C=C/c6ccc(-c7ccccc7)c7ccccc67)cc5)c5ccccc45)ccc4c3C2C(=C1)C=C4. The molecule has 1 atom stereocenters. The van der Waals surface area contributed by atoms with Gasteiger partial charge in [0.2, 0.25) is 0 Å². The molecule has 8 aromatic carbocycles. The highest BCUT2D eigenvalue weighted by Gasteiger charge is 2.32. The zero-order valence-corrected chi connectivity index (χ0v) is 29.8. The molecule has 0 N–H and O–H groups in total. The lowest BCUT2D eigenvalue weighted by Gasteiger charge is -2.34. The van der Waals surface area contributed by atoms with Crippen LogP contribution in [0.3, 0.4) is 0 Å². The summed E-state index contributed by atoms with van der Waals surface area (Å²) in [5.41, 5.74) is 17.3. The molecular formula is C54H36. The summed E-state index contributed by atoms with van der Waals surface area (Å²) in [5.74, 6) is 0.329. The number of hydrogen-bond acceptors (Lipinski definition) is 0. The van der Waals surface area contributed by atoms with Crippen LogP contribution in [0.25, 0.3) is 83.9 Å². The normalized spacial score (nSPS) is 15.5. The Morgan fingerprint density at radius 1 is 0.444 bits per heavy atom. The van der Waals surface area contributed by atoms with Gasteiger partial charge in [-0.05, 0) is 111 Å². The molecule has 252 valence electrons. The van der Waals surface area contributed by atoms with E-state index in [4.69, 9.17) is 0 Å². The third-order valence-corrected chi connectivity index (χ3v) is 11.8. The summed E-state index contributed by atoms with van der Waals surface area (Å²) >= 11 is 0. The van der Waals surface area contributed by atoms with E-state index in [9.17, 15) is 0 Å². The zero-order valence-electron chi connectivity index (χ0n) is 29.8. The number of benzene rings is 8. The van der Waals surface area contributed by atoms with Crippen molar-refractivity contribution in [1.29, 1.82) is 0 Å². The number of allylic oxidation sites excluding steroid dienone is 7. The van der Waals surface area contributed by atoms with Gasteiger partial charge in [0.05, 0.1) is 0 Å². The first-order valence-corrected chi connectivity index (χ1v) is 19.0. The van der Waals surface area contributed by atoms with E-state index in [0.717, 1.165) is 6.42 Å². The molecule has 0 heterocycles. The smallest absolute Gasteiger partial charge is 0.0345 e. The summed E-state index contributed by atoms with van der Waals surface area (Å²) in [6.07, 6.45) is 19.3. The summed E-state index contributed by atoms with van der Waals surface area (Å²) < 4.78 is 0. The summed E-state index contributed by atoms with van der Waals surface area (Å²) in [6.45, 7) is 0. The lowest BCUT2D eigenvalue weighted by atomic mass is 9.69. The van der Waals surface area contributed by atoms with E-state index in [1.807, 2.05) is 0 Å². The van der Waals surface area contributed by atoms with Crippen LogP contribution in [0.4, 0.5) is 0 Å². The number of fused-ring (bicyclic) bond motifs is 3. The third-order valence-electron chi connectivity index (χ3n) is 11.8. The topological polar surface area (TPSA) is 0 Å². The van der Waals surface area contributed by atoms with E-state index < -0.39 is 0 Å². The van der Waals surface area contributed by atoms with Crippen LogP contribution in [-0.4, -0.2) is 0 Å². The molecule has 0 fully saturated rings. The van der Waals surface area contributed by atoms with E-state index in [0.29, 0.717) is 5.92 Å². The molecule has 3 aliphatic rings. The highest BCUT2D eigenvalue weighted by molar-refractivity contribution is 6.21. The molecule has 0 radical (unpaired) electrons. The molecule has 0 aliphatic heterocycles. The summed E-state index contributed by atoms with van der Waals surface area (Å²) in [7, 11) is 0. The van der Waals surface area contributed by atoms with Crippen LogP contribution in [-0.2, 0) is 6.42 Å². The predicted octanol–water partition coefficient (Wildman–Crippen LogP) is 14.4. The van der Waals surface area contributed by atoms with Gasteiger partial charge in [-0.15, -0.1) is 0 Å². The van der Waals surface area contributed by atoms with Gasteiger partial charge in [0.25, 0.3) is 0 Å². The lowest BCUT2D eigenvalue weighted by Crippen LogP contribution is -2.18. The maximum absolute atomic E-state index is 2.46. The first-order valence-electron chi connectivity index (χ1n) is 19.0. The molecule has 54 heavy (non-hydrogen) atoms. The molecule has 0 heteroatoms. The highest BCUT2D eigenvalue weighted by Crippen LogP contribution is 2.51. The van der Waals surface area contributed by atoms with Gasteiger partial charge in [0, 0.05) is 5.92 Å². The monoisotopic (exact) mass is 684 g/mol. The Bertz CT molecular complexity index is 2920. The van der Waals surface area contributed by atoms with Gasteiger partial charge < -0.3 is 0 Å². The molecular weight excluding hydrogens is 649 g/mol. The second kappa shape index (κ2) is 12.4. The Morgan fingerprint density at radius 3 is 1.83 bits per heavy atom. The Kier molecular flexibility index (Phi) is 7.10. The summed E-state index contributed by atoms with van der Waals surface area (Å²) in [4.78, 5) is 0. The zero-order chi connectivity index (χ0) is 35.6. The molecule has 11 rings (SSSR count). The van der Waals surface area contributed by atoms with E-state index in [2.05, 4.69) is 200 Å². The van der Waals surface area contributed by atoms with E-state index >= 15 is 0 Å². The predicted molar refractivity (Wildman–Crippen MR) is 231 cm³/mol. The van der Waals surface area contributed by atoms with Gasteiger partial charge in [-0.3, -0.25) is 0 Å². The van der Waals surface area contributed by atoms with Gasteiger partial charge in [-0.1, -0.05) is 200 Å². The van der Waals surface area contributed by atoms with E-state index in [1.165, 1.54) is 105 Å². The van der Waals surface area contributed by atoms with E-state index in [-0.39, 0.29) is 0 Å². The minimum Gasteiger partial charge on any atom is -0.0759 e. The average molecular weight is 685 g/mol. The maximum Gasteiger partial charge on any atom is 0.0345 e. The Morgan fingerprint density at radius 2 is 1.09 bits per heavy atom. The second-order valence-electron chi connectivity index (χ2n) is 14.7. The minimum absolute atomic E-state index is 0.329. The summed E-state index contributed by atoms with van der Waals surface area (Å²) in [6, 6.07) is 55.9. The molecule has 3 aliphatic carbocycles. The number of rotatable bonds is 5. The second-order valence-corrected chi connectivity index (χ2v) is 14.7. The lowest BCUT2D eigenvalue weighted by molar-refractivity contribution is 0.894. The summed E-state index contributed by atoms with van der Waals surface area (Å²) in [5, 5.41) is 7.72. The Hall–Kier alpha value is -6.76. The van der Waals surface area contributed by atoms with Gasteiger partial charge >= 0.3 is 0 Å². The van der Waals surface area contributed by atoms with Crippen LogP contribution >= 0.6 is 0 Å². The standard InChI is InChI=1S/C54H36/c1-2-11-36(12-3-1)43-32-29-37(42-15-4-5-16-44(42)43)24-21-35-22-25-40(26-23-35)52-45-17-6-8-19-47(45)54(48-20-9-7-18-46(48)52)50-34-31-41-28-27-38-13-10-14-39-30-33-49(50)53(41)51(38)39/h1-32,34,51H,33H2/b24-21+. The van der Waals surface area contributed by atoms with Crippen molar-refractivity contribution in [1.82, 2.24) is 0 Å². The Balaban J connectivity index is 1.01. The quantitative estimate of drug-likeness (QED) is 0.125. The van der Waals surface area contributed by atoms with Crippen LogP contribution in [0.15, 0.2) is 193 Å². The van der Waals surface area contributed by atoms with Gasteiger partial charge in [-0.25, -0.2) is 0 Å². The van der Waals surface area contributed by atoms with Crippen molar-refractivity contribution in [3.63, 3.8) is 0 Å². The van der Waals surface area contributed by atoms with Crippen molar-refractivity contribution in [3.05, 3.63) is 221 Å². The first-order chi connectivity index (χ1) is 26.8. The first kappa shape index (κ1) is 30.8. The van der Waals surface area contributed by atoms with Crippen LogP contribution in [0.1, 0.15) is 33.7 Å². The molecule has 1 unspecified atom stereocenters. The molecule has 8 aromatic rings. The van der Waals surface area contributed by atoms with Gasteiger partial charge in [0.15, 0.2) is 0 Å². The van der Waals surface area contributed by atoms with Gasteiger partial charge in [0.1, 0.15) is 0 Å². The third kappa shape index (κ3) is 4.84. The number of hydrogen-bond donors (Lipinski definition) is 0. The fourth-order valence-corrected chi connectivity index (χ4v) is 9.37. The fraction of sp³-hybridized carbons (Fsp3) is 0.0370. The van der Waals surface area contributed by atoms with Crippen LogP contribution < -0.4 is 0 Å². The molecule has 0 spiro atoms. The maximum atomic E-state index is 2.46. The van der Waals surface area contributed by atoms with Crippen molar-refractivity contribution < 1.29 is 0 Å². The average Bonchev–Trinajstić information content (AvgIpc) is 3.24. The molecule has 0 saturated carbocycles. The fourth-order valence-electron chi connectivity index (χ4n) is 9.37. The van der Waals surface area contributed by atoms with Crippen molar-refractivity contribution in [3.8, 4) is 33.4 Å². The van der Waals surface area contributed by atoms with E-state index in [1.54, 1.807) is 0 Å². The van der Waals surface area contributed by atoms with Crippen molar-refractivity contribution in [2.75, 3.05) is 0 Å². The van der Waals surface area contributed by atoms with Crippen LogP contribution in [0.5, 0.6) is 0 Å². The van der Waals surface area contributed by atoms with Gasteiger partial charge in [-0.2, -0.15) is 0 Å². The minimum atomic E-state index is 0.329.